The third-order valence-corrected chi connectivity index (χ3v) is 3.66. The molecule has 1 rings (SSSR count). The van der Waals surface area contributed by atoms with E-state index in [1.165, 1.54) is 38.0 Å². The molecule has 1 N–H and O–H groups in total. The molecule has 0 aromatic rings. The molecule has 1 fully saturated rings. The van der Waals surface area contributed by atoms with Crippen molar-refractivity contribution in [1.82, 2.24) is 5.32 Å². The maximum absolute atomic E-state index is 3.28. The summed E-state index contributed by atoms with van der Waals surface area (Å²) >= 11 is 1.98. The highest BCUT2D eigenvalue weighted by Crippen LogP contribution is 2.37. The Balaban J connectivity index is 2.00. The Hall–Kier alpha value is 0.310. The van der Waals surface area contributed by atoms with Gasteiger partial charge in [0.2, 0.25) is 0 Å². The molecule has 2 unspecified atom stereocenters. The topological polar surface area (TPSA) is 12.0 Å². The van der Waals surface area contributed by atoms with E-state index in [4.69, 9.17) is 0 Å². The highest BCUT2D eigenvalue weighted by molar-refractivity contribution is 7.98. The van der Waals surface area contributed by atoms with E-state index in [9.17, 15) is 0 Å². The number of hydrogen-bond donors (Lipinski definition) is 1. The summed E-state index contributed by atoms with van der Waals surface area (Å²) in [6, 6.07) is 0. The van der Waals surface area contributed by atoms with Crippen molar-refractivity contribution in [2.24, 2.45) is 11.8 Å². The molecule has 72 valence electrons. The molecule has 0 spiro atoms. The zero-order valence-corrected chi connectivity index (χ0v) is 9.12. The van der Waals surface area contributed by atoms with Crippen LogP contribution in [0.3, 0.4) is 0 Å². The predicted molar refractivity (Wildman–Crippen MR) is 57.8 cm³/mol. The summed E-state index contributed by atoms with van der Waals surface area (Å²) in [6.07, 6.45) is 8.04. The van der Waals surface area contributed by atoms with Gasteiger partial charge >= 0.3 is 0 Å². The van der Waals surface area contributed by atoms with Crippen molar-refractivity contribution in [3.63, 3.8) is 0 Å². The van der Waals surface area contributed by atoms with Crippen LogP contribution < -0.4 is 5.32 Å². The van der Waals surface area contributed by atoms with E-state index >= 15 is 0 Å². The van der Waals surface area contributed by atoms with Crippen LogP contribution in [0.25, 0.3) is 0 Å². The first-order valence-corrected chi connectivity index (χ1v) is 6.41. The molecule has 2 atom stereocenters. The summed E-state index contributed by atoms with van der Waals surface area (Å²) in [7, 11) is 2.07. The van der Waals surface area contributed by atoms with Gasteiger partial charge < -0.3 is 5.32 Å². The maximum Gasteiger partial charge on any atom is -0.00209 e. The Morgan fingerprint density at radius 1 is 1.33 bits per heavy atom. The lowest BCUT2D eigenvalue weighted by atomic mass is 9.71. The molecule has 1 nitrogen and oxygen atoms in total. The molecule has 1 saturated carbocycles. The Morgan fingerprint density at radius 3 is 2.58 bits per heavy atom. The van der Waals surface area contributed by atoms with Gasteiger partial charge in [-0.1, -0.05) is 0 Å². The molecule has 0 amide bonds. The van der Waals surface area contributed by atoms with Crippen molar-refractivity contribution in [3.05, 3.63) is 0 Å². The monoisotopic (exact) mass is 187 g/mol. The van der Waals surface area contributed by atoms with Gasteiger partial charge in [-0.15, -0.1) is 0 Å². The molecule has 1 aliphatic carbocycles. The largest absolute Gasteiger partial charge is 0.319 e. The van der Waals surface area contributed by atoms with Crippen LogP contribution in [0.4, 0.5) is 0 Å². The van der Waals surface area contributed by atoms with Gasteiger partial charge in [-0.2, -0.15) is 11.8 Å². The predicted octanol–water partition coefficient (Wildman–Crippen LogP) is 2.38. The highest BCUT2D eigenvalue weighted by atomic mass is 32.2. The van der Waals surface area contributed by atoms with Crippen LogP contribution in [-0.4, -0.2) is 25.6 Å². The van der Waals surface area contributed by atoms with Crippen molar-refractivity contribution in [2.45, 2.75) is 25.7 Å². The van der Waals surface area contributed by atoms with E-state index in [1.54, 1.807) is 0 Å². The second-order valence-electron chi connectivity index (χ2n) is 3.79. The average molecular weight is 187 g/mol. The van der Waals surface area contributed by atoms with Crippen LogP contribution in [0, 0.1) is 11.8 Å². The van der Waals surface area contributed by atoms with Gasteiger partial charge in [-0.3, -0.25) is 0 Å². The molecule has 0 aliphatic heterocycles. The zero-order chi connectivity index (χ0) is 8.81. The summed E-state index contributed by atoms with van der Waals surface area (Å²) in [5.74, 6) is 3.39. The molecular weight excluding hydrogens is 166 g/mol. The summed E-state index contributed by atoms with van der Waals surface area (Å²) in [5, 5.41) is 3.28. The Labute approximate surface area is 80.7 Å². The smallest absolute Gasteiger partial charge is 0.00209 e. The van der Waals surface area contributed by atoms with Gasteiger partial charge in [0.05, 0.1) is 0 Å². The van der Waals surface area contributed by atoms with Crippen molar-refractivity contribution in [1.29, 1.82) is 0 Å². The molecule has 2 heteroatoms. The minimum Gasteiger partial charge on any atom is -0.319 e. The van der Waals surface area contributed by atoms with E-state index in [1.807, 2.05) is 11.8 Å². The number of nitrogens with one attached hydrogen (secondary N) is 1. The van der Waals surface area contributed by atoms with Crippen molar-refractivity contribution >= 4 is 11.8 Å². The van der Waals surface area contributed by atoms with Gasteiger partial charge in [0.15, 0.2) is 0 Å². The van der Waals surface area contributed by atoms with E-state index in [-0.39, 0.29) is 0 Å². The third-order valence-electron chi connectivity index (χ3n) is 2.96. The lowest BCUT2D eigenvalue weighted by Crippen LogP contribution is -2.33. The Kier molecular flexibility index (Phi) is 5.08. The Morgan fingerprint density at radius 2 is 2.08 bits per heavy atom. The molecule has 0 radical (unpaired) electrons. The fraction of sp³-hybridized carbons (Fsp3) is 1.00. The zero-order valence-electron chi connectivity index (χ0n) is 8.31. The van der Waals surface area contributed by atoms with E-state index in [0.717, 1.165) is 11.8 Å². The summed E-state index contributed by atoms with van der Waals surface area (Å²) < 4.78 is 0. The van der Waals surface area contributed by atoms with Crippen molar-refractivity contribution in [3.8, 4) is 0 Å². The second-order valence-corrected chi connectivity index (χ2v) is 4.78. The van der Waals surface area contributed by atoms with Crippen LogP contribution in [0.1, 0.15) is 25.7 Å². The summed E-state index contributed by atoms with van der Waals surface area (Å²) in [4.78, 5) is 0. The molecule has 1 aliphatic rings. The first-order chi connectivity index (χ1) is 5.88. The number of hydrogen-bond acceptors (Lipinski definition) is 2. The van der Waals surface area contributed by atoms with Crippen LogP contribution in [0.15, 0.2) is 0 Å². The fourth-order valence-corrected chi connectivity index (χ4v) is 2.49. The number of rotatable bonds is 6. The lowest BCUT2D eigenvalue weighted by Gasteiger charge is -2.36. The van der Waals surface area contributed by atoms with Gasteiger partial charge in [0.1, 0.15) is 0 Å². The van der Waals surface area contributed by atoms with Gasteiger partial charge in [-0.25, -0.2) is 0 Å². The van der Waals surface area contributed by atoms with E-state index in [0.29, 0.717) is 0 Å². The first kappa shape index (κ1) is 10.4. The average Bonchev–Trinajstić information content (AvgIpc) is 2.06. The maximum atomic E-state index is 3.28. The van der Waals surface area contributed by atoms with Crippen molar-refractivity contribution in [2.75, 3.05) is 25.6 Å². The normalized spacial score (nSPS) is 28.5. The SMILES string of the molecule is CNCC1CCC1CCCSC. The lowest BCUT2D eigenvalue weighted by molar-refractivity contribution is 0.162. The van der Waals surface area contributed by atoms with Crippen LogP contribution in [-0.2, 0) is 0 Å². The van der Waals surface area contributed by atoms with Gasteiger partial charge in [0.25, 0.3) is 0 Å². The molecule has 12 heavy (non-hydrogen) atoms. The minimum absolute atomic E-state index is 0.997. The molecular formula is C10H21NS. The molecule has 0 saturated heterocycles. The van der Waals surface area contributed by atoms with Crippen LogP contribution >= 0.6 is 11.8 Å². The standard InChI is InChI=1S/C10H21NS/c1-11-8-10-6-5-9(10)4-3-7-12-2/h9-11H,3-8H2,1-2H3. The molecule has 0 heterocycles. The third kappa shape index (κ3) is 2.98. The van der Waals surface area contributed by atoms with Crippen LogP contribution in [0.5, 0.6) is 0 Å². The number of thioether (sulfide) groups is 1. The van der Waals surface area contributed by atoms with Gasteiger partial charge in [0, 0.05) is 0 Å². The minimum atomic E-state index is 0.997. The summed E-state index contributed by atoms with van der Waals surface area (Å²) in [6.45, 7) is 1.24. The Bertz CT molecular complexity index is 116. The highest BCUT2D eigenvalue weighted by Gasteiger charge is 2.28. The second kappa shape index (κ2) is 5.87. The molecule has 0 aromatic carbocycles. The molecule has 0 aromatic heterocycles. The summed E-state index contributed by atoms with van der Waals surface area (Å²) in [5.41, 5.74) is 0. The first-order valence-electron chi connectivity index (χ1n) is 5.02. The van der Waals surface area contributed by atoms with Crippen LogP contribution in [0.2, 0.25) is 0 Å². The van der Waals surface area contributed by atoms with E-state index < -0.39 is 0 Å². The van der Waals surface area contributed by atoms with Gasteiger partial charge in [-0.05, 0) is 63.1 Å². The quantitative estimate of drug-likeness (QED) is 0.641. The fourth-order valence-electron chi connectivity index (χ4n) is 2.04. The molecule has 0 bridgehead atoms. The van der Waals surface area contributed by atoms with E-state index in [2.05, 4.69) is 18.6 Å². The van der Waals surface area contributed by atoms with Crippen molar-refractivity contribution < 1.29 is 0 Å².